The van der Waals surface area contributed by atoms with Crippen LogP contribution in [0.4, 0.5) is 8.78 Å². The first kappa shape index (κ1) is 14.5. The molecule has 4 aromatic rings. The summed E-state index contributed by atoms with van der Waals surface area (Å²) in [5.74, 6) is -0.226. The molecule has 1 atom stereocenters. The minimum atomic E-state index is -1.45. The number of hydrogen-bond acceptors (Lipinski definition) is 4. The molecule has 0 saturated carbocycles. The first-order chi connectivity index (χ1) is 11.7. The number of rotatable bonds is 4. The third kappa shape index (κ3) is 2.76. The van der Waals surface area contributed by atoms with Gasteiger partial charge in [-0.2, -0.15) is 0 Å². The van der Waals surface area contributed by atoms with Crippen molar-refractivity contribution in [3.05, 3.63) is 66.1 Å². The van der Waals surface area contributed by atoms with Crippen molar-refractivity contribution in [1.82, 2.24) is 20.2 Å². The Kier molecular flexibility index (Phi) is 3.53. The number of halogens is 2. The molecule has 24 heavy (non-hydrogen) atoms. The fourth-order valence-electron chi connectivity index (χ4n) is 2.46. The van der Waals surface area contributed by atoms with Crippen molar-refractivity contribution in [3.8, 4) is 11.5 Å². The van der Waals surface area contributed by atoms with E-state index in [0.29, 0.717) is 11.1 Å². The van der Waals surface area contributed by atoms with Crippen molar-refractivity contribution in [2.24, 2.45) is 0 Å². The Balaban J connectivity index is 1.56. The summed E-state index contributed by atoms with van der Waals surface area (Å²) >= 11 is 0. The first-order valence-corrected chi connectivity index (χ1v) is 7.34. The normalized spacial score (nSPS) is 12.6. The number of aromatic nitrogens is 4. The van der Waals surface area contributed by atoms with Gasteiger partial charge in [-0.15, -0.1) is 10.2 Å². The lowest BCUT2D eigenvalue weighted by Crippen LogP contribution is -1.97. The summed E-state index contributed by atoms with van der Waals surface area (Å²) in [6.07, 6.45) is 0.180. The number of imidazole rings is 1. The van der Waals surface area contributed by atoms with Gasteiger partial charge in [0.25, 0.3) is 5.89 Å². The molecule has 1 unspecified atom stereocenters. The highest BCUT2D eigenvalue weighted by atomic mass is 19.1. The number of fused-ring (bicyclic) bond motifs is 1. The Morgan fingerprint density at radius 3 is 2.75 bits per heavy atom. The van der Waals surface area contributed by atoms with Gasteiger partial charge < -0.3 is 9.40 Å². The van der Waals surface area contributed by atoms with Gasteiger partial charge in [0.05, 0.1) is 17.4 Å². The second-order valence-electron chi connectivity index (χ2n) is 5.38. The van der Waals surface area contributed by atoms with Crippen molar-refractivity contribution < 1.29 is 13.2 Å². The van der Waals surface area contributed by atoms with Gasteiger partial charge in [0.2, 0.25) is 5.89 Å². The highest BCUT2D eigenvalue weighted by Crippen LogP contribution is 2.26. The molecule has 2 aromatic carbocycles. The Hall–Kier alpha value is -3.09. The summed E-state index contributed by atoms with van der Waals surface area (Å²) in [5, 5.41) is 7.68. The lowest BCUT2D eigenvalue weighted by Gasteiger charge is -2.03. The van der Waals surface area contributed by atoms with Crippen molar-refractivity contribution in [2.75, 3.05) is 0 Å². The standard InChI is InChI=1S/C17H12F2N4O/c18-12-4-1-10(2-5-12)7-13(19)17-23-22-16(24-17)11-3-6-14-15(8-11)21-9-20-14/h1-6,8-9,13H,7H2,(H,20,21). The van der Waals surface area contributed by atoms with Gasteiger partial charge in [-0.3, -0.25) is 0 Å². The van der Waals surface area contributed by atoms with E-state index < -0.39 is 6.17 Å². The van der Waals surface area contributed by atoms with Gasteiger partial charge in [-0.25, -0.2) is 13.8 Å². The zero-order valence-electron chi connectivity index (χ0n) is 12.4. The number of benzene rings is 2. The topological polar surface area (TPSA) is 67.6 Å². The fraction of sp³-hybridized carbons (Fsp3) is 0.118. The maximum absolute atomic E-state index is 14.3. The molecule has 0 fully saturated rings. The molecule has 120 valence electrons. The van der Waals surface area contributed by atoms with Crippen LogP contribution in [0.15, 0.2) is 53.2 Å². The highest BCUT2D eigenvalue weighted by molar-refractivity contribution is 5.79. The summed E-state index contributed by atoms with van der Waals surface area (Å²) in [5.41, 5.74) is 2.97. The molecule has 0 spiro atoms. The van der Waals surface area contributed by atoms with E-state index in [1.165, 1.54) is 24.3 Å². The van der Waals surface area contributed by atoms with Crippen LogP contribution in [0.2, 0.25) is 0 Å². The minimum Gasteiger partial charge on any atom is -0.417 e. The number of aromatic amines is 1. The number of H-pyrrole nitrogens is 1. The molecule has 2 aromatic heterocycles. The van der Waals surface area contributed by atoms with Gasteiger partial charge in [0.1, 0.15) is 5.82 Å². The summed E-state index contributed by atoms with van der Waals surface area (Å²) < 4.78 is 32.7. The molecule has 0 amide bonds. The summed E-state index contributed by atoms with van der Waals surface area (Å²) in [4.78, 5) is 7.15. The third-order valence-corrected chi connectivity index (χ3v) is 3.71. The molecule has 4 rings (SSSR count). The first-order valence-electron chi connectivity index (χ1n) is 7.34. The molecule has 7 heteroatoms. The molecule has 0 bridgehead atoms. The van der Waals surface area contributed by atoms with Crippen LogP contribution in [-0.2, 0) is 6.42 Å². The van der Waals surface area contributed by atoms with Crippen molar-refractivity contribution >= 4 is 11.0 Å². The van der Waals surface area contributed by atoms with Gasteiger partial charge in [-0.05, 0) is 35.9 Å². The molecule has 0 aliphatic carbocycles. The predicted molar refractivity (Wildman–Crippen MR) is 83.3 cm³/mol. The molecule has 0 aliphatic heterocycles. The Morgan fingerprint density at radius 2 is 1.92 bits per heavy atom. The second-order valence-corrected chi connectivity index (χ2v) is 5.38. The average Bonchev–Trinajstić information content (AvgIpc) is 3.25. The van der Waals surface area contributed by atoms with Crippen molar-refractivity contribution in [1.29, 1.82) is 0 Å². The zero-order chi connectivity index (χ0) is 16.5. The molecular weight excluding hydrogens is 314 g/mol. The lowest BCUT2D eigenvalue weighted by atomic mass is 10.1. The number of nitrogens with zero attached hydrogens (tertiary/aromatic N) is 3. The van der Waals surface area contributed by atoms with Gasteiger partial charge in [0.15, 0.2) is 6.17 Å². The van der Waals surface area contributed by atoms with E-state index in [9.17, 15) is 8.78 Å². The van der Waals surface area contributed by atoms with Crippen molar-refractivity contribution in [2.45, 2.75) is 12.6 Å². The maximum Gasteiger partial charge on any atom is 0.251 e. The van der Waals surface area contributed by atoms with Crippen LogP contribution in [0, 0.1) is 5.82 Å². The molecule has 0 radical (unpaired) electrons. The zero-order valence-corrected chi connectivity index (χ0v) is 12.4. The smallest absolute Gasteiger partial charge is 0.251 e. The van der Waals surface area contributed by atoms with Crippen LogP contribution in [-0.4, -0.2) is 20.2 Å². The summed E-state index contributed by atoms with van der Waals surface area (Å²) in [6.45, 7) is 0. The van der Waals surface area contributed by atoms with Crippen LogP contribution in [0.5, 0.6) is 0 Å². The third-order valence-electron chi connectivity index (χ3n) is 3.71. The Bertz CT molecular complexity index is 978. The van der Waals surface area contributed by atoms with Crippen LogP contribution in [0.1, 0.15) is 17.6 Å². The van der Waals surface area contributed by atoms with E-state index in [4.69, 9.17) is 4.42 Å². The molecule has 1 N–H and O–H groups in total. The molecule has 2 heterocycles. The Labute approximate surface area is 135 Å². The summed E-state index contributed by atoms with van der Waals surface area (Å²) in [7, 11) is 0. The van der Waals surface area contributed by atoms with Crippen LogP contribution in [0.25, 0.3) is 22.5 Å². The van der Waals surface area contributed by atoms with Gasteiger partial charge >= 0.3 is 0 Å². The monoisotopic (exact) mass is 326 g/mol. The predicted octanol–water partition coefficient (Wildman–Crippen LogP) is 4.01. The molecule has 5 nitrogen and oxygen atoms in total. The van der Waals surface area contributed by atoms with Gasteiger partial charge in [0, 0.05) is 12.0 Å². The maximum atomic E-state index is 14.3. The number of hydrogen-bond donors (Lipinski definition) is 1. The van der Waals surface area contributed by atoms with Gasteiger partial charge in [-0.1, -0.05) is 12.1 Å². The fourth-order valence-corrected chi connectivity index (χ4v) is 2.46. The van der Waals surface area contributed by atoms with E-state index in [-0.39, 0.29) is 24.0 Å². The van der Waals surface area contributed by atoms with Crippen LogP contribution < -0.4 is 0 Å². The van der Waals surface area contributed by atoms with E-state index in [2.05, 4.69) is 20.2 Å². The second kappa shape index (κ2) is 5.84. The van der Waals surface area contributed by atoms with E-state index in [1.807, 2.05) is 6.07 Å². The quantitative estimate of drug-likeness (QED) is 0.615. The lowest BCUT2D eigenvalue weighted by molar-refractivity contribution is 0.277. The van der Waals surface area contributed by atoms with Crippen LogP contribution in [0.3, 0.4) is 0 Å². The largest absolute Gasteiger partial charge is 0.417 e. The van der Waals surface area contributed by atoms with E-state index in [1.54, 1.807) is 18.5 Å². The van der Waals surface area contributed by atoms with Crippen molar-refractivity contribution in [3.63, 3.8) is 0 Å². The number of alkyl halides is 1. The van der Waals surface area contributed by atoms with E-state index in [0.717, 1.165) is 11.0 Å². The average molecular weight is 326 g/mol. The van der Waals surface area contributed by atoms with Crippen LogP contribution >= 0.6 is 0 Å². The molecule has 0 aliphatic rings. The summed E-state index contributed by atoms with van der Waals surface area (Å²) in [6, 6.07) is 11.1. The number of nitrogens with one attached hydrogen (secondary N) is 1. The van der Waals surface area contributed by atoms with E-state index >= 15 is 0 Å². The molecular formula is C17H12F2N4O. The molecule has 0 saturated heterocycles. The minimum absolute atomic E-state index is 0.0420. The Morgan fingerprint density at radius 1 is 1.08 bits per heavy atom. The SMILES string of the molecule is Fc1ccc(CC(F)c2nnc(-c3ccc4[nH]cnc4c3)o2)cc1. The highest BCUT2D eigenvalue weighted by Gasteiger charge is 2.19.